The van der Waals surface area contributed by atoms with Crippen LogP contribution in [0.4, 0.5) is 18.9 Å². The summed E-state index contributed by atoms with van der Waals surface area (Å²) in [4.78, 5) is 19.7. The van der Waals surface area contributed by atoms with E-state index < -0.39 is 12.0 Å². The Hall–Kier alpha value is -2.13. The fourth-order valence-electron chi connectivity index (χ4n) is 2.57. The zero-order valence-electron chi connectivity index (χ0n) is 12.7. The van der Waals surface area contributed by atoms with Gasteiger partial charge in [-0.3, -0.25) is 9.69 Å². The van der Waals surface area contributed by atoms with Gasteiger partial charge < -0.3 is 15.4 Å². The molecule has 0 spiro atoms. The van der Waals surface area contributed by atoms with E-state index in [4.69, 9.17) is 5.11 Å². The third kappa shape index (κ3) is 3.85. The number of fused-ring (bicyclic) bond motifs is 1. The van der Waals surface area contributed by atoms with Crippen molar-refractivity contribution in [1.29, 1.82) is 0 Å². The average molecular weight is 342 g/mol. The van der Waals surface area contributed by atoms with Crippen molar-refractivity contribution in [2.24, 2.45) is 0 Å². The van der Waals surface area contributed by atoms with Crippen LogP contribution >= 0.6 is 0 Å². The van der Waals surface area contributed by atoms with Gasteiger partial charge in [0.1, 0.15) is 0 Å². The SMILES string of the molecule is O=C(CN(CCO)C1CC1)Nc1ccc2nc(C(F)(F)F)[nH]c2c1. The van der Waals surface area contributed by atoms with Crippen molar-refractivity contribution in [2.45, 2.75) is 25.1 Å². The van der Waals surface area contributed by atoms with Crippen molar-refractivity contribution in [3.63, 3.8) is 0 Å². The molecule has 3 N–H and O–H groups in total. The summed E-state index contributed by atoms with van der Waals surface area (Å²) < 4.78 is 37.9. The van der Waals surface area contributed by atoms with Gasteiger partial charge in [0.25, 0.3) is 0 Å². The first-order valence-electron chi connectivity index (χ1n) is 7.58. The van der Waals surface area contributed by atoms with Crippen molar-refractivity contribution in [2.75, 3.05) is 25.0 Å². The van der Waals surface area contributed by atoms with E-state index in [0.717, 1.165) is 12.8 Å². The van der Waals surface area contributed by atoms with Gasteiger partial charge in [0.05, 0.1) is 24.2 Å². The highest BCUT2D eigenvalue weighted by molar-refractivity contribution is 5.94. The van der Waals surface area contributed by atoms with Crippen molar-refractivity contribution >= 4 is 22.6 Å². The first-order valence-corrected chi connectivity index (χ1v) is 7.58. The lowest BCUT2D eigenvalue weighted by Gasteiger charge is -2.20. The van der Waals surface area contributed by atoms with Gasteiger partial charge in [0, 0.05) is 18.3 Å². The fourth-order valence-corrected chi connectivity index (χ4v) is 2.57. The summed E-state index contributed by atoms with van der Waals surface area (Å²) in [6, 6.07) is 4.67. The van der Waals surface area contributed by atoms with Crippen LogP contribution in [-0.2, 0) is 11.0 Å². The number of anilines is 1. The Kier molecular flexibility index (Phi) is 4.46. The number of nitrogens with one attached hydrogen (secondary N) is 2. The Labute approximate surface area is 135 Å². The molecule has 3 rings (SSSR count). The molecule has 0 aliphatic heterocycles. The number of rotatable bonds is 6. The van der Waals surface area contributed by atoms with Crippen molar-refractivity contribution in [1.82, 2.24) is 14.9 Å². The minimum absolute atomic E-state index is 0.0237. The van der Waals surface area contributed by atoms with Crippen molar-refractivity contribution < 1.29 is 23.1 Å². The van der Waals surface area contributed by atoms with Crippen LogP contribution in [0.25, 0.3) is 11.0 Å². The number of benzene rings is 1. The molecule has 1 saturated carbocycles. The number of H-pyrrole nitrogens is 1. The number of aromatic nitrogens is 2. The van der Waals surface area contributed by atoms with E-state index in [1.165, 1.54) is 18.2 Å². The molecule has 0 atom stereocenters. The van der Waals surface area contributed by atoms with E-state index >= 15 is 0 Å². The molecular weight excluding hydrogens is 325 g/mol. The monoisotopic (exact) mass is 342 g/mol. The highest BCUT2D eigenvalue weighted by atomic mass is 19.4. The van der Waals surface area contributed by atoms with Crippen LogP contribution in [0.1, 0.15) is 18.7 Å². The Balaban J connectivity index is 1.69. The summed E-state index contributed by atoms with van der Waals surface area (Å²) in [5.41, 5.74) is 0.777. The predicted molar refractivity (Wildman–Crippen MR) is 81.4 cm³/mol. The third-order valence-corrected chi connectivity index (χ3v) is 3.83. The summed E-state index contributed by atoms with van der Waals surface area (Å²) in [6.45, 7) is 0.538. The lowest BCUT2D eigenvalue weighted by Crippen LogP contribution is -2.36. The van der Waals surface area contributed by atoms with Gasteiger partial charge >= 0.3 is 6.18 Å². The van der Waals surface area contributed by atoms with Crippen LogP contribution < -0.4 is 5.32 Å². The number of halogens is 3. The second-order valence-electron chi connectivity index (χ2n) is 5.79. The minimum atomic E-state index is -4.54. The minimum Gasteiger partial charge on any atom is -0.395 e. The number of amides is 1. The highest BCUT2D eigenvalue weighted by Gasteiger charge is 2.34. The molecule has 1 aromatic carbocycles. The Morgan fingerprint density at radius 2 is 2.17 bits per heavy atom. The molecule has 24 heavy (non-hydrogen) atoms. The topological polar surface area (TPSA) is 81.2 Å². The average Bonchev–Trinajstić information content (AvgIpc) is 3.24. The molecule has 6 nitrogen and oxygen atoms in total. The largest absolute Gasteiger partial charge is 0.449 e. The zero-order chi connectivity index (χ0) is 17.3. The van der Waals surface area contributed by atoms with E-state index in [2.05, 4.69) is 15.3 Å². The summed E-state index contributed by atoms with van der Waals surface area (Å²) >= 11 is 0. The van der Waals surface area contributed by atoms with Gasteiger partial charge in [-0.05, 0) is 31.0 Å². The number of carbonyl (C=O) groups is 1. The smallest absolute Gasteiger partial charge is 0.395 e. The molecular formula is C15H17F3N4O2. The number of aliphatic hydroxyl groups excluding tert-OH is 1. The molecule has 2 aromatic rings. The second kappa shape index (κ2) is 6.40. The van der Waals surface area contributed by atoms with Crippen LogP contribution in [-0.4, -0.2) is 51.6 Å². The third-order valence-electron chi connectivity index (χ3n) is 3.83. The molecule has 0 radical (unpaired) electrons. The first-order chi connectivity index (χ1) is 11.4. The Morgan fingerprint density at radius 1 is 1.42 bits per heavy atom. The Bertz CT molecular complexity index is 740. The van der Waals surface area contributed by atoms with Crippen molar-refractivity contribution in [3.05, 3.63) is 24.0 Å². The maximum atomic E-state index is 12.6. The summed E-state index contributed by atoms with van der Waals surface area (Å²) in [7, 11) is 0. The summed E-state index contributed by atoms with van der Waals surface area (Å²) in [5, 5.41) is 11.7. The standard InChI is InChI=1S/C15H17F3N4O2/c16-15(17,18)14-20-11-4-1-9(7-12(11)21-14)19-13(24)8-22(5-6-23)10-2-3-10/h1,4,7,10,23H,2-3,5-6,8H2,(H,19,24)(H,20,21). The van der Waals surface area contributed by atoms with Crippen LogP contribution in [0.3, 0.4) is 0 Å². The number of hydrogen-bond donors (Lipinski definition) is 3. The molecule has 1 fully saturated rings. The molecule has 1 aliphatic carbocycles. The molecule has 0 saturated heterocycles. The lowest BCUT2D eigenvalue weighted by atomic mass is 10.2. The molecule has 9 heteroatoms. The van der Waals surface area contributed by atoms with Gasteiger partial charge in [0.2, 0.25) is 11.7 Å². The van der Waals surface area contributed by atoms with Gasteiger partial charge in [-0.2, -0.15) is 13.2 Å². The number of aromatic amines is 1. The molecule has 1 aliphatic rings. The zero-order valence-corrected chi connectivity index (χ0v) is 12.7. The molecule has 1 heterocycles. The number of carbonyl (C=O) groups excluding carboxylic acids is 1. The highest BCUT2D eigenvalue weighted by Crippen LogP contribution is 2.29. The van der Waals surface area contributed by atoms with Crippen LogP contribution in [0.5, 0.6) is 0 Å². The van der Waals surface area contributed by atoms with Crippen molar-refractivity contribution in [3.8, 4) is 0 Å². The van der Waals surface area contributed by atoms with Gasteiger partial charge in [0.15, 0.2) is 0 Å². The maximum Gasteiger partial charge on any atom is 0.449 e. The number of nitrogens with zero attached hydrogens (tertiary/aromatic N) is 2. The molecule has 0 unspecified atom stereocenters. The van der Waals surface area contributed by atoms with Gasteiger partial charge in [-0.15, -0.1) is 0 Å². The molecule has 1 aromatic heterocycles. The van der Waals surface area contributed by atoms with E-state index in [1.54, 1.807) is 0 Å². The van der Waals surface area contributed by atoms with Crippen LogP contribution in [0, 0.1) is 0 Å². The summed E-state index contributed by atoms with van der Waals surface area (Å²) in [5.74, 6) is -1.34. The quantitative estimate of drug-likeness (QED) is 0.750. The predicted octanol–water partition coefficient (Wildman–Crippen LogP) is 1.98. The van der Waals surface area contributed by atoms with Crippen LogP contribution in [0.15, 0.2) is 18.2 Å². The van der Waals surface area contributed by atoms with E-state index in [9.17, 15) is 18.0 Å². The molecule has 130 valence electrons. The van der Waals surface area contributed by atoms with E-state index in [0.29, 0.717) is 18.3 Å². The fraction of sp³-hybridized carbons (Fsp3) is 0.467. The molecule has 1 amide bonds. The lowest BCUT2D eigenvalue weighted by molar-refractivity contribution is -0.144. The normalized spacial score (nSPS) is 15.2. The first kappa shape index (κ1) is 16.7. The molecule has 0 bridgehead atoms. The number of alkyl halides is 3. The number of hydrogen-bond acceptors (Lipinski definition) is 4. The Morgan fingerprint density at radius 3 is 2.79 bits per heavy atom. The van der Waals surface area contributed by atoms with E-state index in [1.807, 2.05) is 4.90 Å². The maximum absolute atomic E-state index is 12.6. The van der Waals surface area contributed by atoms with Crippen LogP contribution in [0.2, 0.25) is 0 Å². The van der Waals surface area contributed by atoms with Gasteiger partial charge in [-0.1, -0.05) is 0 Å². The van der Waals surface area contributed by atoms with Gasteiger partial charge in [-0.25, -0.2) is 4.98 Å². The number of aliphatic hydroxyl groups is 1. The summed E-state index contributed by atoms with van der Waals surface area (Å²) in [6.07, 6.45) is -2.53. The number of imidazole rings is 1. The van der Waals surface area contributed by atoms with E-state index in [-0.39, 0.29) is 30.1 Å². The second-order valence-corrected chi connectivity index (χ2v) is 5.79.